The number of pyridine rings is 1. The van der Waals surface area contributed by atoms with Crippen molar-refractivity contribution in [3.05, 3.63) is 234 Å². The molecular formula is C64H60N4OPt-2. The Bertz CT molecular complexity index is 3480. The number of ether oxygens (including phenoxy) is 1. The summed E-state index contributed by atoms with van der Waals surface area (Å²) >= 11 is 0. The zero-order valence-electron chi connectivity index (χ0n) is 41.8. The quantitative estimate of drug-likeness (QED) is 0.101. The second-order valence-corrected chi connectivity index (χ2v) is 21.5. The molecule has 10 aromatic rings. The molecule has 3 aromatic heterocycles. The molecule has 6 heteroatoms. The monoisotopic (exact) mass is 1100 g/mol. The van der Waals surface area contributed by atoms with E-state index in [0.717, 1.165) is 55.8 Å². The average molecular weight is 1100 g/mol. The van der Waals surface area contributed by atoms with Gasteiger partial charge in [-0.2, -0.15) is 12.1 Å². The zero-order chi connectivity index (χ0) is 48.3. The van der Waals surface area contributed by atoms with Crippen LogP contribution in [0.2, 0.25) is 0 Å². The summed E-state index contributed by atoms with van der Waals surface area (Å²) in [6, 6.07) is 67.7. The minimum Gasteiger partial charge on any atom is -0.510 e. The van der Waals surface area contributed by atoms with E-state index < -0.39 is 5.41 Å². The van der Waals surface area contributed by atoms with Gasteiger partial charge in [0.2, 0.25) is 0 Å². The van der Waals surface area contributed by atoms with Gasteiger partial charge in [0.25, 0.3) is 6.33 Å². The van der Waals surface area contributed by atoms with Gasteiger partial charge in [-0.3, -0.25) is 4.57 Å². The average Bonchev–Trinajstić information content (AvgIpc) is 3.95. The Balaban J connectivity index is 0.00000608. The number of hydrogen-bond donors (Lipinski definition) is 0. The number of benzene rings is 7. The minimum atomic E-state index is -0.401. The minimum absolute atomic E-state index is 0. The fourth-order valence-electron chi connectivity index (χ4n) is 9.51. The molecule has 5 nitrogen and oxygen atoms in total. The molecule has 0 N–H and O–H groups in total. The van der Waals surface area contributed by atoms with Gasteiger partial charge in [-0.25, -0.2) is 4.98 Å². The summed E-state index contributed by atoms with van der Waals surface area (Å²) in [7, 11) is 0. The molecule has 0 atom stereocenters. The molecule has 10 rings (SSSR count). The van der Waals surface area contributed by atoms with Gasteiger partial charge < -0.3 is 13.9 Å². The Morgan fingerprint density at radius 3 is 1.80 bits per heavy atom. The predicted octanol–water partition coefficient (Wildman–Crippen LogP) is 15.4. The van der Waals surface area contributed by atoms with Crippen molar-refractivity contribution in [1.29, 1.82) is 0 Å². The second-order valence-electron chi connectivity index (χ2n) is 21.5. The summed E-state index contributed by atoms with van der Waals surface area (Å²) in [4.78, 5) is 4.96. The van der Waals surface area contributed by atoms with E-state index >= 15 is 0 Å². The first-order chi connectivity index (χ1) is 32.9. The summed E-state index contributed by atoms with van der Waals surface area (Å²) in [5.41, 5.74) is 12.4. The van der Waals surface area contributed by atoms with Crippen LogP contribution < -0.4 is 9.30 Å². The van der Waals surface area contributed by atoms with E-state index in [1.165, 1.54) is 27.8 Å². The third-order valence-corrected chi connectivity index (χ3v) is 13.9. The summed E-state index contributed by atoms with van der Waals surface area (Å²) < 4.78 is 13.4. The number of nitrogens with zero attached hydrogens (tertiary/aromatic N) is 4. The maximum atomic E-state index is 6.93. The van der Waals surface area contributed by atoms with E-state index in [9.17, 15) is 0 Å². The van der Waals surface area contributed by atoms with Gasteiger partial charge in [-0.1, -0.05) is 190 Å². The van der Waals surface area contributed by atoms with Crippen molar-refractivity contribution in [3.8, 4) is 39.8 Å². The SMILES string of the molecule is CC(C)(C)c1ccnc(-n2c3[c-]c(Oc4[c-]c(-n5[c-][n+](-c6cccc(C(C)(C)c7ccccc7)c6)c(C(C)(C)c6ccccc6)c5)cc(-c5ccccc5)c4)ccc3c3cc(C(C)(C)C)ccc32)c1.[Pt]. The number of fused-ring (bicyclic) bond motifs is 3. The Morgan fingerprint density at radius 1 is 0.500 bits per heavy atom. The van der Waals surface area contributed by atoms with Gasteiger partial charge in [0.15, 0.2) is 0 Å². The molecule has 0 spiro atoms. The van der Waals surface area contributed by atoms with Crippen LogP contribution in [-0.4, -0.2) is 14.1 Å². The standard InChI is InChI=1S/C64H60N4O.Pt/c1-61(2,3)48-29-32-57-56(38-48)55-31-30-53(41-58(55)68(57)60-39-49(33-34-65-60)62(4,5)6)69-54-36-45(44-21-14-11-15-22-44)35-52(40-54)66-42-59(64(9,10)47-25-18-13-19-26-47)67(43-66)51-28-20-27-50(37-51)63(7,8)46-23-16-12-17-24-46;/h11-39,42H,1-10H3;/q-2;. The van der Waals surface area contributed by atoms with Crippen LogP contribution in [0, 0.1) is 18.5 Å². The van der Waals surface area contributed by atoms with Crippen molar-refractivity contribution in [2.45, 2.75) is 90.9 Å². The molecular weight excluding hydrogens is 1040 g/mol. The van der Waals surface area contributed by atoms with Crippen molar-refractivity contribution in [1.82, 2.24) is 14.1 Å². The van der Waals surface area contributed by atoms with Crippen molar-refractivity contribution in [2.24, 2.45) is 0 Å². The summed E-state index contributed by atoms with van der Waals surface area (Å²) in [5.74, 6) is 1.99. The molecule has 0 unspecified atom stereocenters. The first-order valence-electron chi connectivity index (χ1n) is 24.0. The molecule has 0 radical (unpaired) electrons. The van der Waals surface area contributed by atoms with E-state index in [0.29, 0.717) is 11.5 Å². The first kappa shape index (κ1) is 48.2. The number of aromatic nitrogens is 4. The van der Waals surface area contributed by atoms with Crippen LogP contribution in [-0.2, 0) is 42.7 Å². The first-order valence-corrected chi connectivity index (χ1v) is 24.0. The molecule has 0 amide bonds. The maximum Gasteiger partial charge on any atom is 0.267 e. The van der Waals surface area contributed by atoms with Crippen LogP contribution in [0.1, 0.15) is 103 Å². The Labute approximate surface area is 428 Å². The van der Waals surface area contributed by atoms with Crippen LogP contribution in [0.25, 0.3) is 50.1 Å². The van der Waals surface area contributed by atoms with Crippen LogP contribution >= 0.6 is 0 Å². The smallest absolute Gasteiger partial charge is 0.267 e. The molecule has 0 fully saturated rings. The molecule has 0 aliphatic rings. The largest absolute Gasteiger partial charge is 0.510 e. The maximum absolute atomic E-state index is 6.93. The molecule has 0 bridgehead atoms. The third-order valence-electron chi connectivity index (χ3n) is 13.9. The summed E-state index contributed by atoms with van der Waals surface area (Å²) in [6.45, 7) is 22.6. The van der Waals surface area contributed by atoms with Crippen molar-refractivity contribution < 1.29 is 30.4 Å². The van der Waals surface area contributed by atoms with Crippen LogP contribution in [0.15, 0.2) is 182 Å². The van der Waals surface area contributed by atoms with E-state index in [1.54, 1.807) is 0 Å². The topological polar surface area (TPSA) is 35.9 Å². The van der Waals surface area contributed by atoms with Gasteiger partial charge in [0.1, 0.15) is 5.82 Å². The van der Waals surface area contributed by atoms with E-state index in [1.807, 2.05) is 18.3 Å². The summed E-state index contributed by atoms with van der Waals surface area (Å²) in [6.07, 6.45) is 7.92. The Morgan fingerprint density at radius 2 is 1.13 bits per heavy atom. The van der Waals surface area contributed by atoms with E-state index in [-0.39, 0.29) is 37.3 Å². The molecule has 70 heavy (non-hydrogen) atoms. The van der Waals surface area contributed by atoms with E-state index in [2.05, 4.69) is 265 Å². The van der Waals surface area contributed by atoms with Crippen LogP contribution in [0.4, 0.5) is 0 Å². The fraction of sp³-hybridized carbons (Fsp3) is 0.219. The molecule has 0 saturated heterocycles. The molecule has 3 heterocycles. The van der Waals surface area contributed by atoms with Gasteiger partial charge in [-0.15, -0.1) is 35.2 Å². The molecule has 7 aromatic carbocycles. The van der Waals surface area contributed by atoms with Crippen molar-refractivity contribution in [2.75, 3.05) is 0 Å². The van der Waals surface area contributed by atoms with Crippen LogP contribution in [0.5, 0.6) is 11.5 Å². The van der Waals surface area contributed by atoms with Crippen LogP contribution in [0.3, 0.4) is 0 Å². The van der Waals surface area contributed by atoms with Gasteiger partial charge >= 0.3 is 0 Å². The number of imidazole rings is 1. The van der Waals surface area contributed by atoms with Gasteiger partial charge in [-0.05, 0) is 85.6 Å². The van der Waals surface area contributed by atoms with Gasteiger partial charge in [0, 0.05) is 61.3 Å². The molecule has 0 aliphatic carbocycles. The summed E-state index contributed by atoms with van der Waals surface area (Å²) in [5, 5.41) is 2.24. The molecule has 0 aliphatic heterocycles. The normalized spacial score (nSPS) is 12.3. The zero-order valence-corrected chi connectivity index (χ0v) is 44.1. The molecule has 0 saturated carbocycles. The van der Waals surface area contributed by atoms with Crippen molar-refractivity contribution in [3.63, 3.8) is 0 Å². The number of hydrogen-bond acceptors (Lipinski definition) is 2. The van der Waals surface area contributed by atoms with Gasteiger partial charge in [0.05, 0.1) is 11.4 Å². The third kappa shape index (κ3) is 9.20. The fourth-order valence-corrected chi connectivity index (χ4v) is 9.51. The molecule has 354 valence electrons. The Hall–Kier alpha value is -6.81. The Kier molecular flexibility index (Phi) is 12.7. The predicted molar refractivity (Wildman–Crippen MR) is 282 cm³/mol. The van der Waals surface area contributed by atoms with Crippen molar-refractivity contribution >= 4 is 21.8 Å². The van der Waals surface area contributed by atoms with E-state index in [4.69, 9.17) is 9.72 Å². The number of rotatable bonds is 10. The second kappa shape index (κ2) is 18.5.